The lowest BCUT2D eigenvalue weighted by Gasteiger charge is -2.15. The number of nitrogens with one attached hydrogen (secondary N) is 2. The van der Waals surface area contributed by atoms with Crippen molar-refractivity contribution in [1.82, 2.24) is 15.3 Å². The molecule has 6 nitrogen and oxygen atoms in total. The molecule has 3 heterocycles. The van der Waals surface area contributed by atoms with E-state index >= 15 is 0 Å². The molecule has 2 atom stereocenters. The van der Waals surface area contributed by atoms with Crippen LogP contribution in [0.2, 0.25) is 0 Å². The van der Waals surface area contributed by atoms with Crippen LogP contribution in [0.25, 0.3) is 11.1 Å². The van der Waals surface area contributed by atoms with Gasteiger partial charge in [0.1, 0.15) is 5.82 Å². The van der Waals surface area contributed by atoms with Crippen molar-refractivity contribution in [3.63, 3.8) is 0 Å². The number of ether oxygens (including phenoxy) is 2. The van der Waals surface area contributed by atoms with Crippen LogP contribution in [-0.2, 0) is 11.3 Å². The molecule has 0 amide bonds. The summed E-state index contributed by atoms with van der Waals surface area (Å²) >= 11 is 0. The van der Waals surface area contributed by atoms with E-state index in [1.807, 2.05) is 30.6 Å². The fourth-order valence-electron chi connectivity index (χ4n) is 3.77. The van der Waals surface area contributed by atoms with Crippen molar-refractivity contribution >= 4 is 5.82 Å². The Labute approximate surface area is 184 Å². The standard InChI is InChI=1S/C25H30N4O2/c1-18(20-7-4-3-5-8-20)26-14-19-13-23(25(30-2)29-15-19)21-10-11-24(27-16-21)28-17-22-9-6-12-31-22/h3-5,7-8,10-11,13,15-16,18,22,26H,6,9,12,14,17H2,1-2H3,(H,27,28)/t18-,22?/m1/s1. The molecule has 0 saturated carbocycles. The average Bonchev–Trinajstić information content (AvgIpc) is 3.36. The van der Waals surface area contributed by atoms with Gasteiger partial charge < -0.3 is 20.1 Å². The number of hydrogen-bond donors (Lipinski definition) is 2. The van der Waals surface area contributed by atoms with Crippen molar-refractivity contribution in [2.24, 2.45) is 0 Å². The van der Waals surface area contributed by atoms with Gasteiger partial charge in [0, 0.05) is 49.3 Å². The van der Waals surface area contributed by atoms with Crippen LogP contribution >= 0.6 is 0 Å². The summed E-state index contributed by atoms with van der Waals surface area (Å²) < 4.78 is 11.2. The first-order valence-corrected chi connectivity index (χ1v) is 10.9. The Morgan fingerprint density at radius 3 is 2.71 bits per heavy atom. The highest BCUT2D eigenvalue weighted by atomic mass is 16.5. The molecule has 2 N–H and O–H groups in total. The van der Waals surface area contributed by atoms with Crippen LogP contribution in [0.5, 0.6) is 5.88 Å². The maximum atomic E-state index is 5.66. The number of hydrogen-bond acceptors (Lipinski definition) is 6. The fraction of sp³-hybridized carbons (Fsp3) is 0.360. The zero-order valence-corrected chi connectivity index (χ0v) is 18.2. The van der Waals surface area contributed by atoms with Crippen molar-refractivity contribution in [3.8, 4) is 17.0 Å². The number of nitrogens with zero attached hydrogens (tertiary/aromatic N) is 2. The molecule has 4 rings (SSSR count). The van der Waals surface area contributed by atoms with E-state index in [0.717, 1.165) is 48.5 Å². The molecule has 2 aromatic heterocycles. The summed E-state index contributed by atoms with van der Waals surface area (Å²) in [5, 5.41) is 6.93. The molecule has 1 aromatic carbocycles. The summed E-state index contributed by atoms with van der Waals surface area (Å²) in [6, 6.07) is 16.8. The molecule has 162 valence electrons. The minimum absolute atomic E-state index is 0.252. The molecule has 31 heavy (non-hydrogen) atoms. The lowest BCUT2D eigenvalue weighted by molar-refractivity contribution is 0.120. The van der Waals surface area contributed by atoms with Crippen LogP contribution in [0, 0.1) is 0 Å². The molecule has 6 heteroatoms. The number of aromatic nitrogens is 2. The van der Waals surface area contributed by atoms with E-state index in [0.29, 0.717) is 12.4 Å². The minimum atomic E-state index is 0.252. The Hall–Kier alpha value is -2.96. The first kappa shape index (κ1) is 21.3. The molecular weight excluding hydrogens is 388 g/mol. The largest absolute Gasteiger partial charge is 0.481 e. The van der Waals surface area contributed by atoms with Gasteiger partial charge in [0.05, 0.1) is 13.2 Å². The van der Waals surface area contributed by atoms with Crippen LogP contribution < -0.4 is 15.4 Å². The van der Waals surface area contributed by atoms with E-state index < -0.39 is 0 Å². The Kier molecular flexibility index (Phi) is 7.12. The Balaban J connectivity index is 1.43. The van der Waals surface area contributed by atoms with E-state index in [-0.39, 0.29) is 12.1 Å². The second-order valence-corrected chi connectivity index (χ2v) is 7.86. The molecule has 1 unspecified atom stereocenters. The Morgan fingerprint density at radius 1 is 1.13 bits per heavy atom. The maximum absolute atomic E-state index is 5.66. The monoisotopic (exact) mass is 418 g/mol. The van der Waals surface area contributed by atoms with E-state index in [2.05, 4.69) is 57.9 Å². The summed E-state index contributed by atoms with van der Waals surface area (Å²) in [5.41, 5.74) is 4.27. The highest BCUT2D eigenvalue weighted by Crippen LogP contribution is 2.29. The van der Waals surface area contributed by atoms with Gasteiger partial charge in [-0.1, -0.05) is 30.3 Å². The van der Waals surface area contributed by atoms with Crippen LogP contribution in [0.4, 0.5) is 5.82 Å². The predicted molar refractivity (Wildman–Crippen MR) is 123 cm³/mol. The van der Waals surface area contributed by atoms with Crippen molar-refractivity contribution < 1.29 is 9.47 Å². The summed E-state index contributed by atoms with van der Waals surface area (Å²) in [7, 11) is 1.65. The van der Waals surface area contributed by atoms with E-state index in [1.54, 1.807) is 7.11 Å². The first-order valence-electron chi connectivity index (χ1n) is 10.9. The lowest BCUT2D eigenvalue weighted by atomic mass is 10.1. The molecule has 0 spiro atoms. The SMILES string of the molecule is COc1ncc(CN[C@H](C)c2ccccc2)cc1-c1ccc(NCC2CCCO2)nc1. The second-order valence-electron chi connectivity index (χ2n) is 7.86. The van der Waals surface area contributed by atoms with Gasteiger partial charge in [0.15, 0.2) is 0 Å². The summed E-state index contributed by atoms with van der Waals surface area (Å²) in [4.78, 5) is 9.08. The molecule has 1 fully saturated rings. The first-order chi connectivity index (χ1) is 15.2. The number of methoxy groups -OCH3 is 1. The Morgan fingerprint density at radius 2 is 2.00 bits per heavy atom. The van der Waals surface area contributed by atoms with Crippen LogP contribution in [0.1, 0.15) is 36.9 Å². The molecule has 1 aliphatic rings. The average molecular weight is 419 g/mol. The molecule has 0 bridgehead atoms. The van der Waals surface area contributed by atoms with E-state index in [9.17, 15) is 0 Å². The molecule has 1 aliphatic heterocycles. The summed E-state index contributed by atoms with van der Waals surface area (Å²) in [6.45, 7) is 4.53. The van der Waals surface area contributed by atoms with Gasteiger partial charge in [-0.05, 0) is 49.1 Å². The number of rotatable bonds is 9. The molecule has 1 saturated heterocycles. The van der Waals surface area contributed by atoms with E-state index in [1.165, 1.54) is 5.56 Å². The third kappa shape index (κ3) is 5.60. The number of anilines is 1. The quantitative estimate of drug-likeness (QED) is 0.530. The van der Waals surface area contributed by atoms with Crippen molar-refractivity contribution in [1.29, 1.82) is 0 Å². The van der Waals surface area contributed by atoms with Gasteiger partial charge in [-0.25, -0.2) is 9.97 Å². The highest BCUT2D eigenvalue weighted by Gasteiger charge is 2.15. The molecule has 0 aliphatic carbocycles. The van der Waals surface area contributed by atoms with E-state index in [4.69, 9.17) is 9.47 Å². The normalized spacial score (nSPS) is 16.8. The second kappa shape index (κ2) is 10.4. The van der Waals surface area contributed by atoms with Gasteiger partial charge in [-0.15, -0.1) is 0 Å². The predicted octanol–water partition coefficient (Wildman–Crippen LogP) is 4.59. The molecule has 3 aromatic rings. The fourth-order valence-corrected chi connectivity index (χ4v) is 3.77. The minimum Gasteiger partial charge on any atom is -0.481 e. The van der Waals surface area contributed by atoms with Crippen molar-refractivity contribution in [2.45, 2.75) is 38.5 Å². The maximum Gasteiger partial charge on any atom is 0.221 e. The Bertz CT molecular complexity index is 957. The molecular formula is C25H30N4O2. The van der Waals surface area contributed by atoms with Gasteiger partial charge >= 0.3 is 0 Å². The van der Waals surface area contributed by atoms with Gasteiger partial charge in [-0.3, -0.25) is 0 Å². The smallest absolute Gasteiger partial charge is 0.221 e. The van der Waals surface area contributed by atoms with Crippen molar-refractivity contribution in [2.75, 3.05) is 25.6 Å². The van der Waals surface area contributed by atoms with Crippen LogP contribution in [0.3, 0.4) is 0 Å². The van der Waals surface area contributed by atoms with Gasteiger partial charge in [0.25, 0.3) is 0 Å². The lowest BCUT2D eigenvalue weighted by Crippen LogP contribution is -2.18. The van der Waals surface area contributed by atoms with Crippen LogP contribution in [0.15, 0.2) is 60.9 Å². The third-order valence-corrected chi connectivity index (χ3v) is 5.62. The number of benzene rings is 1. The number of pyridine rings is 2. The van der Waals surface area contributed by atoms with Gasteiger partial charge in [0.2, 0.25) is 5.88 Å². The zero-order chi connectivity index (χ0) is 21.5. The third-order valence-electron chi connectivity index (χ3n) is 5.62. The topological polar surface area (TPSA) is 68.3 Å². The van der Waals surface area contributed by atoms with Gasteiger partial charge in [-0.2, -0.15) is 0 Å². The zero-order valence-electron chi connectivity index (χ0n) is 18.2. The highest BCUT2D eigenvalue weighted by molar-refractivity contribution is 5.69. The summed E-state index contributed by atoms with van der Waals surface area (Å²) in [6.07, 6.45) is 6.26. The van der Waals surface area contributed by atoms with Crippen molar-refractivity contribution in [3.05, 3.63) is 72.1 Å². The summed E-state index contributed by atoms with van der Waals surface area (Å²) in [5.74, 6) is 1.45. The van der Waals surface area contributed by atoms with Crippen LogP contribution in [-0.4, -0.2) is 36.3 Å². The molecule has 0 radical (unpaired) electrons.